The number of rotatable bonds is 7. The molecule has 0 unspecified atom stereocenters. The van der Waals surface area contributed by atoms with Crippen molar-refractivity contribution in [3.8, 4) is 0 Å². The molecule has 4 rings (SSSR count). The van der Waals surface area contributed by atoms with E-state index >= 15 is 0 Å². The molecule has 0 atom stereocenters. The Kier molecular flexibility index (Phi) is 7.54. The lowest BCUT2D eigenvalue weighted by Gasteiger charge is -2.34. The van der Waals surface area contributed by atoms with E-state index in [2.05, 4.69) is 22.0 Å². The van der Waals surface area contributed by atoms with Gasteiger partial charge in [0.2, 0.25) is 5.91 Å². The third-order valence-corrected chi connectivity index (χ3v) is 6.47. The minimum atomic E-state index is -0.482. The molecule has 2 aromatic carbocycles. The van der Waals surface area contributed by atoms with E-state index in [1.807, 2.05) is 23.1 Å². The van der Waals surface area contributed by atoms with Gasteiger partial charge in [-0.2, -0.15) is 0 Å². The number of carbonyl (C=O) groups is 2. The number of ether oxygens (including phenoxy) is 1. The fourth-order valence-corrected chi connectivity index (χ4v) is 4.53. The number of nitrogens with zero attached hydrogens (tertiary/aromatic N) is 3. The zero-order chi connectivity index (χ0) is 24.1. The molecule has 178 valence electrons. The van der Waals surface area contributed by atoms with Crippen molar-refractivity contribution in [3.63, 3.8) is 0 Å². The van der Waals surface area contributed by atoms with Gasteiger partial charge in [0.1, 0.15) is 0 Å². The number of piperazine rings is 1. The van der Waals surface area contributed by atoms with Crippen molar-refractivity contribution in [2.45, 2.75) is 25.9 Å². The minimum absolute atomic E-state index is 0.103. The SMILES string of the molecule is COC(=O)c1ccc2c(=O)n(CCCC(=O)N3CCN(Cc4ccccc4)CC3)c(=S)[nH]c2c1. The minimum Gasteiger partial charge on any atom is -0.465 e. The number of amides is 1. The highest BCUT2D eigenvalue weighted by Gasteiger charge is 2.21. The molecule has 1 amide bonds. The van der Waals surface area contributed by atoms with Crippen LogP contribution in [0.5, 0.6) is 0 Å². The van der Waals surface area contributed by atoms with Crippen molar-refractivity contribution in [2.75, 3.05) is 33.3 Å². The van der Waals surface area contributed by atoms with Crippen LogP contribution >= 0.6 is 12.2 Å². The Balaban J connectivity index is 1.32. The number of methoxy groups -OCH3 is 1. The Morgan fingerprint density at radius 1 is 1.06 bits per heavy atom. The Bertz CT molecular complexity index is 1290. The monoisotopic (exact) mass is 480 g/mol. The molecule has 1 N–H and O–H groups in total. The summed E-state index contributed by atoms with van der Waals surface area (Å²) in [5.74, 6) is -0.379. The van der Waals surface area contributed by atoms with Crippen molar-refractivity contribution in [1.82, 2.24) is 19.4 Å². The third-order valence-electron chi connectivity index (χ3n) is 6.15. The van der Waals surface area contributed by atoms with Gasteiger partial charge in [-0.05, 0) is 42.4 Å². The second-order valence-electron chi connectivity index (χ2n) is 8.38. The first kappa shape index (κ1) is 23.8. The maximum atomic E-state index is 12.9. The largest absolute Gasteiger partial charge is 0.465 e. The van der Waals surface area contributed by atoms with Crippen molar-refractivity contribution in [2.24, 2.45) is 0 Å². The molecule has 0 saturated carbocycles. The molecule has 2 heterocycles. The van der Waals surface area contributed by atoms with Gasteiger partial charge in [0, 0.05) is 45.7 Å². The number of H-pyrrole nitrogens is 1. The molecular formula is C25H28N4O4S. The standard InChI is InChI=1S/C25H28N4O4S/c1-33-24(32)19-9-10-20-21(16-19)26-25(34)29(23(20)31)11-5-8-22(30)28-14-12-27(13-15-28)17-18-6-3-2-4-7-18/h2-4,6-7,9-10,16H,5,8,11-15,17H2,1H3,(H,26,34). The molecule has 3 aromatic rings. The normalized spacial score (nSPS) is 14.3. The number of aromatic nitrogens is 2. The summed E-state index contributed by atoms with van der Waals surface area (Å²) in [4.78, 5) is 44.7. The lowest BCUT2D eigenvalue weighted by atomic mass is 10.1. The molecule has 0 aliphatic carbocycles. The molecule has 1 fully saturated rings. The van der Waals surface area contributed by atoms with Gasteiger partial charge in [0.25, 0.3) is 5.56 Å². The second kappa shape index (κ2) is 10.8. The van der Waals surface area contributed by atoms with Crippen LogP contribution in [0.3, 0.4) is 0 Å². The van der Waals surface area contributed by atoms with E-state index in [0.29, 0.717) is 48.9 Å². The summed E-state index contributed by atoms with van der Waals surface area (Å²) in [6.45, 7) is 4.37. The zero-order valence-corrected chi connectivity index (χ0v) is 20.0. The molecule has 0 radical (unpaired) electrons. The number of esters is 1. The topological polar surface area (TPSA) is 87.6 Å². The van der Waals surface area contributed by atoms with E-state index < -0.39 is 5.97 Å². The Labute approximate surface area is 202 Å². The predicted molar refractivity (Wildman–Crippen MR) is 132 cm³/mol. The molecule has 1 aromatic heterocycles. The molecule has 8 nitrogen and oxygen atoms in total. The molecule has 1 aliphatic rings. The Hall–Kier alpha value is -3.30. The molecule has 0 bridgehead atoms. The number of benzene rings is 2. The molecule has 9 heteroatoms. The first-order chi connectivity index (χ1) is 16.5. The summed E-state index contributed by atoms with van der Waals surface area (Å²) in [6, 6.07) is 15.0. The smallest absolute Gasteiger partial charge is 0.337 e. The Morgan fingerprint density at radius 2 is 1.79 bits per heavy atom. The van der Waals surface area contributed by atoms with Crippen LogP contribution in [0.25, 0.3) is 10.9 Å². The summed E-state index contributed by atoms with van der Waals surface area (Å²) in [5.41, 5.74) is 1.86. The van der Waals surface area contributed by atoms with Gasteiger partial charge in [-0.3, -0.25) is 19.1 Å². The van der Waals surface area contributed by atoms with Gasteiger partial charge >= 0.3 is 5.97 Å². The van der Waals surface area contributed by atoms with Crippen LogP contribution in [0.4, 0.5) is 0 Å². The van der Waals surface area contributed by atoms with Crippen LogP contribution in [0.1, 0.15) is 28.8 Å². The maximum Gasteiger partial charge on any atom is 0.337 e. The van der Waals surface area contributed by atoms with Gasteiger partial charge in [-0.15, -0.1) is 0 Å². The highest BCUT2D eigenvalue weighted by molar-refractivity contribution is 7.71. The van der Waals surface area contributed by atoms with E-state index in [9.17, 15) is 14.4 Å². The van der Waals surface area contributed by atoms with Gasteiger partial charge in [-0.1, -0.05) is 30.3 Å². The van der Waals surface area contributed by atoms with Crippen LogP contribution in [0, 0.1) is 4.77 Å². The van der Waals surface area contributed by atoms with Crippen LogP contribution in [0.15, 0.2) is 53.3 Å². The van der Waals surface area contributed by atoms with Crippen LogP contribution in [-0.2, 0) is 22.6 Å². The number of nitrogens with one attached hydrogen (secondary N) is 1. The maximum absolute atomic E-state index is 12.9. The summed E-state index contributed by atoms with van der Waals surface area (Å²) < 4.78 is 6.46. The highest BCUT2D eigenvalue weighted by Crippen LogP contribution is 2.13. The molecule has 0 spiro atoms. The van der Waals surface area contributed by atoms with E-state index in [4.69, 9.17) is 17.0 Å². The van der Waals surface area contributed by atoms with E-state index in [0.717, 1.165) is 19.6 Å². The second-order valence-corrected chi connectivity index (χ2v) is 8.77. The molecule has 34 heavy (non-hydrogen) atoms. The Morgan fingerprint density at radius 3 is 2.50 bits per heavy atom. The van der Waals surface area contributed by atoms with Gasteiger partial charge in [0.05, 0.1) is 23.6 Å². The van der Waals surface area contributed by atoms with Gasteiger partial charge < -0.3 is 14.6 Å². The molecular weight excluding hydrogens is 452 g/mol. The summed E-state index contributed by atoms with van der Waals surface area (Å²) in [7, 11) is 1.30. The lowest BCUT2D eigenvalue weighted by Crippen LogP contribution is -2.48. The predicted octanol–water partition coefficient (Wildman–Crippen LogP) is 2.97. The van der Waals surface area contributed by atoms with Crippen molar-refractivity contribution < 1.29 is 14.3 Å². The van der Waals surface area contributed by atoms with Gasteiger partial charge in [-0.25, -0.2) is 4.79 Å². The van der Waals surface area contributed by atoms with Crippen LogP contribution < -0.4 is 5.56 Å². The average Bonchev–Trinajstić information content (AvgIpc) is 2.86. The zero-order valence-electron chi connectivity index (χ0n) is 19.2. The van der Waals surface area contributed by atoms with Crippen LogP contribution in [-0.4, -0.2) is 64.5 Å². The highest BCUT2D eigenvalue weighted by atomic mass is 32.1. The van der Waals surface area contributed by atoms with E-state index in [-0.39, 0.29) is 16.2 Å². The number of hydrogen-bond acceptors (Lipinski definition) is 6. The quantitative estimate of drug-likeness (QED) is 0.413. The first-order valence-corrected chi connectivity index (χ1v) is 11.8. The van der Waals surface area contributed by atoms with E-state index in [1.165, 1.54) is 17.2 Å². The fourth-order valence-electron chi connectivity index (χ4n) is 4.25. The number of hydrogen-bond donors (Lipinski definition) is 1. The average molecular weight is 481 g/mol. The van der Waals surface area contributed by atoms with Crippen molar-refractivity contribution >= 4 is 35.0 Å². The summed E-state index contributed by atoms with van der Waals surface area (Å²) in [6.07, 6.45) is 0.880. The molecule has 1 aliphatic heterocycles. The number of aromatic amines is 1. The fraction of sp³-hybridized carbons (Fsp3) is 0.360. The lowest BCUT2D eigenvalue weighted by molar-refractivity contribution is -0.133. The van der Waals surface area contributed by atoms with Gasteiger partial charge in [0.15, 0.2) is 4.77 Å². The van der Waals surface area contributed by atoms with E-state index in [1.54, 1.807) is 18.2 Å². The van der Waals surface area contributed by atoms with Crippen molar-refractivity contribution in [3.05, 3.63) is 74.8 Å². The summed E-state index contributed by atoms with van der Waals surface area (Å²) in [5, 5.41) is 0.433. The van der Waals surface area contributed by atoms with Crippen LogP contribution in [0.2, 0.25) is 0 Å². The number of carbonyl (C=O) groups excluding carboxylic acids is 2. The summed E-state index contributed by atoms with van der Waals surface area (Å²) >= 11 is 5.37. The third kappa shape index (κ3) is 5.43. The molecule has 1 saturated heterocycles. The number of fused-ring (bicyclic) bond motifs is 1. The first-order valence-electron chi connectivity index (χ1n) is 11.4. The van der Waals surface area contributed by atoms with Crippen molar-refractivity contribution in [1.29, 1.82) is 0 Å².